The largest absolute Gasteiger partial charge is 0.496 e. The molecule has 0 unspecified atom stereocenters. The molecule has 0 bridgehead atoms. The Hall–Kier alpha value is -2.46. The number of aromatic nitrogens is 2. The lowest BCUT2D eigenvalue weighted by Crippen LogP contribution is -2.07. The number of benzene rings is 2. The highest BCUT2D eigenvalue weighted by Crippen LogP contribution is 2.38. The number of halogens is 1. The molecule has 134 valence electrons. The first-order valence-corrected chi connectivity index (χ1v) is 9.32. The summed E-state index contributed by atoms with van der Waals surface area (Å²) >= 11 is 6.37. The van der Waals surface area contributed by atoms with Gasteiger partial charge in [0.25, 0.3) is 0 Å². The summed E-state index contributed by atoms with van der Waals surface area (Å²) in [6.07, 6.45) is 3.28. The Kier molecular flexibility index (Phi) is 4.60. The van der Waals surface area contributed by atoms with Crippen LogP contribution in [0, 0.1) is 6.92 Å². The molecule has 0 saturated carbocycles. The van der Waals surface area contributed by atoms with Gasteiger partial charge in [0.05, 0.1) is 12.8 Å². The topological polar surface area (TPSA) is 39.1 Å². The first-order chi connectivity index (χ1) is 12.7. The first-order valence-electron chi connectivity index (χ1n) is 8.94. The molecule has 3 aromatic rings. The zero-order valence-corrected chi connectivity index (χ0v) is 15.8. The molecular weight excluding hydrogens is 346 g/mol. The number of para-hydroxylation sites is 1. The third-order valence-electron chi connectivity index (χ3n) is 4.89. The number of nitrogens with zero attached hydrogens (tertiary/aromatic N) is 2. The van der Waals surface area contributed by atoms with E-state index in [4.69, 9.17) is 21.4 Å². The fourth-order valence-electron chi connectivity index (χ4n) is 3.46. The van der Waals surface area contributed by atoms with Gasteiger partial charge in [-0.25, -0.2) is 4.68 Å². The minimum atomic E-state index is 0.749. The van der Waals surface area contributed by atoms with Gasteiger partial charge < -0.3 is 10.1 Å². The average molecular weight is 368 g/mol. The van der Waals surface area contributed by atoms with E-state index < -0.39 is 0 Å². The molecule has 4 nitrogen and oxygen atoms in total. The van der Waals surface area contributed by atoms with Crippen LogP contribution in [0.4, 0.5) is 5.82 Å². The molecule has 4 rings (SSSR count). The highest BCUT2D eigenvalue weighted by atomic mass is 35.5. The van der Waals surface area contributed by atoms with Gasteiger partial charge in [0, 0.05) is 22.7 Å². The van der Waals surface area contributed by atoms with E-state index in [1.54, 1.807) is 7.11 Å². The quantitative estimate of drug-likeness (QED) is 0.686. The van der Waals surface area contributed by atoms with Crippen molar-refractivity contribution in [2.24, 2.45) is 0 Å². The maximum absolute atomic E-state index is 6.37. The summed E-state index contributed by atoms with van der Waals surface area (Å²) in [6.45, 7) is 2.96. The molecule has 0 saturated heterocycles. The van der Waals surface area contributed by atoms with Crippen molar-refractivity contribution >= 4 is 17.4 Å². The van der Waals surface area contributed by atoms with E-state index in [0.29, 0.717) is 0 Å². The molecule has 1 aromatic heterocycles. The highest BCUT2D eigenvalue weighted by Gasteiger charge is 2.23. The predicted octanol–water partition coefficient (Wildman–Crippen LogP) is 5.26. The SMILES string of the molecule is COc1ccccc1-c1nn(-c2ccc(C)c(Cl)c2)c2c1CCCCN2. The van der Waals surface area contributed by atoms with Crippen molar-refractivity contribution in [1.82, 2.24) is 9.78 Å². The molecule has 1 N–H and O–H groups in total. The van der Waals surface area contributed by atoms with Crippen molar-refractivity contribution in [3.8, 4) is 22.7 Å². The van der Waals surface area contributed by atoms with E-state index in [0.717, 1.165) is 64.9 Å². The Morgan fingerprint density at radius 3 is 2.81 bits per heavy atom. The molecule has 0 fully saturated rings. The van der Waals surface area contributed by atoms with Crippen molar-refractivity contribution in [2.45, 2.75) is 26.2 Å². The lowest BCUT2D eigenvalue weighted by molar-refractivity contribution is 0.416. The maximum atomic E-state index is 6.37. The molecule has 2 heterocycles. The lowest BCUT2D eigenvalue weighted by atomic mass is 10.0. The first kappa shape index (κ1) is 17.0. The molecule has 0 aliphatic carbocycles. The summed E-state index contributed by atoms with van der Waals surface area (Å²) in [5.41, 5.74) is 5.26. The number of ether oxygens (including phenoxy) is 1. The zero-order valence-electron chi connectivity index (χ0n) is 15.1. The number of hydrogen-bond donors (Lipinski definition) is 1. The molecule has 0 radical (unpaired) electrons. The van der Waals surface area contributed by atoms with Gasteiger partial charge in [0.1, 0.15) is 17.3 Å². The summed E-state index contributed by atoms with van der Waals surface area (Å²) in [5, 5.41) is 9.29. The minimum absolute atomic E-state index is 0.749. The molecule has 1 aliphatic heterocycles. The van der Waals surface area contributed by atoms with Crippen LogP contribution >= 0.6 is 11.6 Å². The zero-order chi connectivity index (χ0) is 18.1. The van der Waals surface area contributed by atoms with Crippen LogP contribution in [0.5, 0.6) is 5.75 Å². The summed E-state index contributed by atoms with van der Waals surface area (Å²) in [6, 6.07) is 14.1. The second kappa shape index (κ2) is 7.04. The third-order valence-corrected chi connectivity index (χ3v) is 5.30. The number of hydrogen-bond acceptors (Lipinski definition) is 3. The van der Waals surface area contributed by atoms with Crippen molar-refractivity contribution < 1.29 is 4.74 Å². The summed E-state index contributed by atoms with van der Waals surface area (Å²) in [4.78, 5) is 0. The summed E-state index contributed by atoms with van der Waals surface area (Å²) in [5.74, 6) is 1.90. The molecular formula is C21H22ClN3O. The highest BCUT2D eigenvalue weighted by molar-refractivity contribution is 6.31. The Labute approximate surface area is 158 Å². The monoisotopic (exact) mass is 367 g/mol. The van der Waals surface area contributed by atoms with Crippen molar-refractivity contribution in [3.05, 3.63) is 58.6 Å². The van der Waals surface area contributed by atoms with E-state index in [1.807, 2.05) is 41.9 Å². The van der Waals surface area contributed by atoms with Gasteiger partial charge in [-0.15, -0.1) is 0 Å². The fraction of sp³-hybridized carbons (Fsp3) is 0.286. The number of methoxy groups -OCH3 is 1. The van der Waals surface area contributed by atoms with Crippen LogP contribution in [-0.4, -0.2) is 23.4 Å². The van der Waals surface area contributed by atoms with Crippen LogP contribution in [0.3, 0.4) is 0 Å². The number of nitrogens with one attached hydrogen (secondary N) is 1. The van der Waals surface area contributed by atoms with E-state index in [2.05, 4.69) is 17.4 Å². The van der Waals surface area contributed by atoms with Crippen LogP contribution in [0.15, 0.2) is 42.5 Å². The van der Waals surface area contributed by atoms with E-state index in [9.17, 15) is 0 Å². The van der Waals surface area contributed by atoms with E-state index in [1.165, 1.54) is 5.56 Å². The third kappa shape index (κ3) is 2.95. The predicted molar refractivity (Wildman–Crippen MR) is 107 cm³/mol. The van der Waals surface area contributed by atoms with Crippen LogP contribution in [0.25, 0.3) is 16.9 Å². The summed E-state index contributed by atoms with van der Waals surface area (Å²) in [7, 11) is 1.70. The Bertz CT molecular complexity index is 948. The van der Waals surface area contributed by atoms with E-state index in [-0.39, 0.29) is 0 Å². The number of aryl methyl sites for hydroxylation is 1. The summed E-state index contributed by atoms with van der Waals surface area (Å²) < 4.78 is 7.56. The molecule has 26 heavy (non-hydrogen) atoms. The second-order valence-electron chi connectivity index (χ2n) is 6.61. The van der Waals surface area contributed by atoms with Crippen molar-refractivity contribution in [1.29, 1.82) is 0 Å². The number of rotatable bonds is 3. The molecule has 2 aromatic carbocycles. The molecule has 0 amide bonds. The van der Waals surface area contributed by atoms with Gasteiger partial charge >= 0.3 is 0 Å². The maximum Gasteiger partial charge on any atom is 0.133 e. The van der Waals surface area contributed by atoms with Gasteiger partial charge in [-0.2, -0.15) is 5.10 Å². The molecule has 0 atom stereocenters. The molecule has 1 aliphatic rings. The van der Waals surface area contributed by atoms with Crippen molar-refractivity contribution in [2.75, 3.05) is 19.0 Å². The second-order valence-corrected chi connectivity index (χ2v) is 7.01. The smallest absolute Gasteiger partial charge is 0.133 e. The average Bonchev–Trinajstić information content (AvgIpc) is 2.85. The Morgan fingerprint density at radius 1 is 1.15 bits per heavy atom. The van der Waals surface area contributed by atoms with Gasteiger partial charge in [0.15, 0.2) is 0 Å². The number of anilines is 1. The van der Waals surface area contributed by atoms with Crippen LogP contribution in [0.1, 0.15) is 24.0 Å². The Balaban J connectivity index is 1.93. The number of fused-ring (bicyclic) bond motifs is 1. The minimum Gasteiger partial charge on any atom is -0.496 e. The van der Waals surface area contributed by atoms with Crippen LogP contribution in [-0.2, 0) is 6.42 Å². The van der Waals surface area contributed by atoms with Crippen LogP contribution in [0.2, 0.25) is 5.02 Å². The Morgan fingerprint density at radius 2 is 2.00 bits per heavy atom. The normalized spacial score (nSPS) is 13.7. The van der Waals surface area contributed by atoms with Crippen LogP contribution < -0.4 is 10.1 Å². The van der Waals surface area contributed by atoms with E-state index >= 15 is 0 Å². The standard InChI is InChI=1S/C21H22ClN3O/c1-14-10-11-15(13-18(14)22)25-21-17(8-5-6-12-23-21)20(24-25)16-7-3-4-9-19(16)26-2/h3-4,7,9-11,13,23H,5-6,8,12H2,1-2H3. The lowest BCUT2D eigenvalue weighted by Gasteiger charge is -2.10. The van der Waals surface area contributed by atoms with Crippen molar-refractivity contribution in [3.63, 3.8) is 0 Å². The van der Waals surface area contributed by atoms with Gasteiger partial charge in [-0.05, 0) is 56.0 Å². The van der Waals surface area contributed by atoms with Gasteiger partial charge in [0.2, 0.25) is 0 Å². The van der Waals surface area contributed by atoms with Gasteiger partial charge in [-0.3, -0.25) is 0 Å². The molecule has 5 heteroatoms. The molecule has 0 spiro atoms. The van der Waals surface area contributed by atoms with Gasteiger partial charge in [-0.1, -0.05) is 29.8 Å². The fourth-order valence-corrected chi connectivity index (χ4v) is 3.63.